The summed E-state index contributed by atoms with van der Waals surface area (Å²) in [6.07, 6.45) is 2.10. The van der Waals surface area contributed by atoms with Crippen molar-refractivity contribution in [3.05, 3.63) is 0 Å². The summed E-state index contributed by atoms with van der Waals surface area (Å²) >= 11 is 0. The number of halogens is 1. The first-order chi connectivity index (χ1) is 7.49. The summed E-state index contributed by atoms with van der Waals surface area (Å²) in [6.45, 7) is 4.39. The SMILES string of the molecule is CCC(C)C(N)C(=O)N1CCCC1C(=O)O.Cl. The lowest BCUT2D eigenvalue weighted by molar-refractivity contribution is -0.149. The molecule has 1 amide bonds. The van der Waals surface area contributed by atoms with Crippen LogP contribution in [0.25, 0.3) is 0 Å². The van der Waals surface area contributed by atoms with Crippen LogP contribution in [0.3, 0.4) is 0 Å². The number of hydrogen-bond acceptors (Lipinski definition) is 3. The molecule has 0 saturated carbocycles. The van der Waals surface area contributed by atoms with E-state index in [9.17, 15) is 9.59 Å². The molecular formula is C11H21ClN2O3. The molecule has 3 unspecified atom stereocenters. The number of hydrogen-bond donors (Lipinski definition) is 2. The van der Waals surface area contributed by atoms with Gasteiger partial charge in [0.25, 0.3) is 0 Å². The second-order valence-electron chi connectivity index (χ2n) is 4.44. The number of carboxylic acid groups (broad SMARTS) is 1. The molecule has 3 atom stereocenters. The van der Waals surface area contributed by atoms with Gasteiger partial charge in [-0.2, -0.15) is 0 Å². The van der Waals surface area contributed by atoms with Gasteiger partial charge >= 0.3 is 5.97 Å². The van der Waals surface area contributed by atoms with Crippen molar-refractivity contribution in [2.75, 3.05) is 6.54 Å². The number of rotatable bonds is 4. The molecule has 1 saturated heterocycles. The average Bonchev–Trinajstić information content (AvgIpc) is 2.74. The Bertz CT molecular complexity index is 286. The van der Waals surface area contributed by atoms with Gasteiger partial charge in [-0.3, -0.25) is 4.79 Å². The minimum Gasteiger partial charge on any atom is -0.480 e. The Morgan fingerprint density at radius 2 is 2.12 bits per heavy atom. The molecule has 0 spiro atoms. The van der Waals surface area contributed by atoms with Crippen LogP contribution in [0.5, 0.6) is 0 Å². The molecule has 17 heavy (non-hydrogen) atoms. The van der Waals surface area contributed by atoms with Crippen molar-refractivity contribution in [2.24, 2.45) is 11.7 Å². The molecule has 5 nitrogen and oxygen atoms in total. The van der Waals surface area contributed by atoms with Crippen LogP contribution in [-0.2, 0) is 9.59 Å². The van der Waals surface area contributed by atoms with Gasteiger partial charge in [0, 0.05) is 6.54 Å². The van der Waals surface area contributed by atoms with Crippen LogP contribution in [0.1, 0.15) is 33.1 Å². The van der Waals surface area contributed by atoms with Crippen LogP contribution in [-0.4, -0.2) is 40.5 Å². The number of aliphatic carboxylic acids is 1. The molecule has 3 N–H and O–H groups in total. The predicted molar refractivity (Wildman–Crippen MR) is 67.0 cm³/mol. The monoisotopic (exact) mass is 264 g/mol. The van der Waals surface area contributed by atoms with Crippen molar-refractivity contribution in [1.82, 2.24) is 4.90 Å². The fourth-order valence-electron chi connectivity index (χ4n) is 1.98. The Balaban J connectivity index is 0.00000256. The van der Waals surface area contributed by atoms with E-state index in [4.69, 9.17) is 10.8 Å². The fourth-order valence-corrected chi connectivity index (χ4v) is 1.98. The molecule has 1 heterocycles. The summed E-state index contributed by atoms with van der Waals surface area (Å²) in [7, 11) is 0. The third kappa shape index (κ3) is 3.57. The molecule has 100 valence electrons. The Kier molecular flexibility index (Phi) is 6.49. The second kappa shape index (κ2) is 6.81. The van der Waals surface area contributed by atoms with Gasteiger partial charge in [0.2, 0.25) is 5.91 Å². The Morgan fingerprint density at radius 1 is 1.53 bits per heavy atom. The Labute approximate surface area is 108 Å². The fraction of sp³-hybridized carbons (Fsp3) is 0.818. The number of carbonyl (C=O) groups excluding carboxylic acids is 1. The quantitative estimate of drug-likeness (QED) is 0.789. The minimum atomic E-state index is -0.929. The molecule has 0 aliphatic carbocycles. The van der Waals surface area contributed by atoms with Crippen LogP contribution in [0.2, 0.25) is 0 Å². The lowest BCUT2D eigenvalue weighted by atomic mass is 9.98. The third-order valence-electron chi connectivity index (χ3n) is 3.36. The maximum Gasteiger partial charge on any atom is 0.326 e. The van der Waals surface area contributed by atoms with Crippen LogP contribution < -0.4 is 5.73 Å². The maximum absolute atomic E-state index is 12.0. The van der Waals surface area contributed by atoms with Crippen molar-refractivity contribution >= 4 is 24.3 Å². The van der Waals surface area contributed by atoms with E-state index < -0.39 is 18.1 Å². The summed E-state index contributed by atoms with van der Waals surface area (Å²) in [5.41, 5.74) is 5.83. The second-order valence-corrected chi connectivity index (χ2v) is 4.44. The topological polar surface area (TPSA) is 83.6 Å². The van der Waals surface area contributed by atoms with E-state index in [1.54, 1.807) is 0 Å². The van der Waals surface area contributed by atoms with E-state index in [0.29, 0.717) is 13.0 Å². The number of carbonyl (C=O) groups is 2. The molecular weight excluding hydrogens is 244 g/mol. The predicted octanol–water partition coefficient (Wildman–Crippen LogP) is 0.857. The Morgan fingerprint density at radius 3 is 2.59 bits per heavy atom. The van der Waals surface area contributed by atoms with Crippen molar-refractivity contribution in [1.29, 1.82) is 0 Å². The van der Waals surface area contributed by atoms with Crippen molar-refractivity contribution < 1.29 is 14.7 Å². The van der Waals surface area contributed by atoms with Gasteiger partial charge < -0.3 is 15.7 Å². The average molecular weight is 265 g/mol. The zero-order valence-corrected chi connectivity index (χ0v) is 11.1. The van der Waals surface area contributed by atoms with Gasteiger partial charge in [0.05, 0.1) is 6.04 Å². The molecule has 0 aromatic rings. The van der Waals surface area contributed by atoms with Gasteiger partial charge in [-0.1, -0.05) is 20.3 Å². The lowest BCUT2D eigenvalue weighted by Crippen LogP contribution is -2.50. The van der Waals surface area contributed by atoms with Crippen molar-refractivity contribution in [3.8, 4) is 0 Å². The van der Waals surface area contributed by atoms with Crippen LogP contribution >= 0.6 is 12.4 Å². The minimum absolute atomic E-state index is 0. The highest BCUT2D eigenvalue weighted by Crippen LogP contribution is 2.20. The summed E-state index contributed by atoms with van der Waals surface area (Å²) < 4.78 is 0. The van der Waals surface area contributed by atoms with Crippen molar-refractivity contribution in [2.45, 2.75) is 45.2 Å². The van der Waals surface area contributed by atoms with E-state index >= 15 is 0 Å². The molecule has 6 heteroatoms. The van der Waals surface area contributed by atoms with Crippen molar-refractivity contribution in [3.63, 3.8) is 0 Å². The highest BCUT2D eigenvalue weighted by molar-refractivity contribution is 5.87. The highest BCUT2D eigenvalue weighted by atomic mass is 35.5. The number of carboxylic acids is 1. The first kappa shape index (κ1) is 16.2. The normalized spacial score (nSPS) is 22.8. The molecule has 0 aromatic carbocycles. The van der Waals surface area contributed by atoms with E-state index in [-0.39, 0.29) is 24.2 Å². The number of likely N-dealkylation sites (tertiary alicyclic amines) is 1. The van der Waals surface area contributed by atoms with Crippen LogP contribution in [0.4, 0.5) is 0 Å². The van der Waals surface area contributed by atoms with Gasteiger partial charge in [-0.25, -0.2) is 4.79 Å². The third-order valence-corrected chi connectivity index (χ3v) is 3.36. The summed E-state index contributed by atoms with van der Waals surface area (Å²) in [4.78, 5) is 24.4. The van der Waals surface area contributed by atoms with Crippen LogP contribution in [0.15, 0.2) is 0 Å². The molecule has 1 aliphatic heterocycles. The van der Waals surface area contributed by atoms with E-state index in [1.807, 2.05) is 13.8 Å². The molecule has 1 fully saturated rings. The molecule has 0 aromatic heterocycles. The van der Waals surface area contributed by atoms with Gasteiger partial charge in [-0.15, -0.1) is 12.4 Å². The molecule has 1 rings (SSSR count). The number of amides is 1. The van der Waals surface area contributed by atoms with Gasteiger partial charge in [0.1, 0.15) is 6.04 Å². The van der Waals surface area contributed by atoms with Gasteiger partial charge in [-0.05, 0) is 18.8 Å². The first-order valence-corrected chi connectivity index (χ1v) is 5.77. The molecule has 0 radical (unpaired) electrons. The van der Waals surface area contributed by atoms with Crippen LogP contribution in [0, 0.1) is 5.92 Å². The highest BCUT2D eigenvalue weighted by Gasteiger charge is 2.36. The van der Waals surface area contributed by atoms with Gasteiger partial charge in [0.15, 0.2) is 0 Å². The Hall–Kier alpha value is -0.810. The summed E-state index contributed by atoms with van der Waals surface area (Å²) in [6, 6.07) is -1.26. The van der Waals surface area contributed by atoms with E-state index in [2.05, 4.69) is 0 Å². The summed E-state index contributed by atoms with van der Waals surface area (Å²) in [5.74, 6) is -1.07. The summed E-state index contributed by atoms with van der Waals surface area (Å²) in [5, 5.41) is 8.98. The zero-order chi connectivity index (χ0) is 12.3. The standard InChI is InChI=1S/C11H20N2O3.ClH/c1-3-7(2)9(12)10(14)13-6-4-5-8(13)11(15)16;/h7-9H,3-6,12H2,1-2H3,(H,15,16);1H. The number of nitrogens with two attached hydrogens (primary N) is 1. The first-order valence-electron chi connectivity index (χ1n) is 5.77. The molecule has 1 aliphatic rings. The maximum atomic E-state index is 12.0. The van der Waals surface area contributed by atoms with E-state index in [1.165, 1.54) is 4.90 Å². The van der Waals surface area contributed by atoms with E-state index in [0.717, 1.165) is 12.8 Å². The smallest absolute Gasteiger partial charge is 0.326 e. The zero-order valence-electron chi connectivity index (χ0n) is 10.3. The molecule has 0 bridgehead atoms. The number of nitrogens with zero attached hydrogens (tertiary/aromatic N) is 1. The largest absolute Gasteiger partial charge is 0.480 e. The lowest BCUT2D eigenvalue weighted by Gasteiger charge is -2.27.